The van der Waals surface area contributed by atoms with E-state index in [4.69, 9.17) is 10.8 Å². The molecule has 9 heteroatoms. The molecule has 0 saturated heterocycles. The van der Waals surface area contributed by atoms with Crippen LogP contribution in [-0.2, 0) is 17.9 Å². The molecule has 2 rings (SSSR count). The lowest BCUT2D eigenvalue weighted by molar-refractivity contribution is -0.137. The van der Waals surface area contributed by atoms with Gasteiger partial charge in [-0.05, 0) is 18.2 Å². The van der Waals surface area contributed by atoms with Gasteiger partial charge in [-0.15, -0.1) is 5.10 Å². The number of carboxylic acids is 1. The molecule has 110 valence electrons. The Balaban J connectivity index is 1.99. The molecule has 0 aliphatic rings. The number of hydrogen-bond donors (Lipinski definition) is 3. The van der Waals surface area contributed by atoms with Crippen molar-refractivity contribution in [2.24, 2.45) is 0 Å². The Bertz CT molecular complexity index is 685. The van der Waals surface area contributed by atoms with Crippen LogP contribution in [-0.4, -0.2) is 32.0 Å². The number of amides is 1. The van der Waals surface area contributed by atoms with Crippen molar-refractivity contribution >= 4 is 17.6 Å². The summed E-state index contributed by atoms with van der Waals surface area (Å²) in [6.45, 7) is -0.299. The lowest BCUT2D eigenvalue weighted by Gasteiger charge is -2.06. The molecule has 0 atom stereocenters. The number of anilines is 1. The summed E-state index contributed by atoms with van der Waals surface area (Å²) in [6.07, 6.45) is 1.39. The smallest absolute Gasteiger partial charge is 0.325 e. The summed E-state index contributed by atoms with van der Waals surface area (Å²) in [6, 6.07) is 3.49. The molecule has 0 aliphatic carbocycles. The number of carbonyl (C=O) groups is 2. The highest BCUT2D eigenvalue weighted by Crippen LogP contribution is 2.13. The van der Waals surface area contributed by atoms with Gasteiger partial charge < -0.3 is 16.2 Å². The number of aromatic nitrogens is 3. The average Bonchev–Trinajstić information content (AvgIpc) is 2.85. The number of nitrogens with zero attached hydrogens (tertiary/aromatic N) is 3. The maximum Gasteiger partial charge on any atom is 0.325 e. The first-order chi connectivity index (χ1) is 9.95. The van der Waals surface area contributed by atoms with E-state index in [1.54, 1.807) is 0 Å². The summed E-state index contributed by atoms with van der Waals surface area (Å²) < 4.78 is 14.2. The molecule has 1 heterocycles. The zero-order valence-corrected chi connectivity index (χ0v) is 10.8. The number of carboxylic acid groups (broad SMARTS) is 1. The van der Waals surface area contributed by atoms with E-state index >= 15 is 0 Å². The van der Waals surface area contributed by atoms with Crippen LogP contribution in [0.3, 0.4) is 0 Å². The van der Waals surface area contributed by atoms with E-state index in [2.05, 4.69) is 15.6 Å². The van der Waals surface area contributed by atoms with Crippen molar-refractivity contribution in [2.45, 2.75) is 13.1 Å². The van der Waals surface area contributed by atoms with Gasteiger partial charge in [0.05, 0.1) is 18.3 Å². The van der Waals surface area contributed by atoms with E-state index in [1.807, 2.05) is 0 Å². The van der Waals surface area contributed by atoms with Crippen molar-refractivity contribution in [3.63, 3.8) is 0 Å². The number of rotatable bonds is 5. The first kappa shape index (κ1) is 14.4. The lowest BCUT2D eigenvalue weighted by Crippen LogP contribution is -2.24. The molecule has 0 fully saturated rings. The monoisotopic (exact) mass is 293 g/mol. The van der Waals surface area contributed by atoms with E-state index in [1.165, 1.54) is 12.3 Å². The van der Waals surface area contributed by atoms with E-state index in [0.29, 0.717) is 5.69 Å². The van der Waals surface area contributed by atoms with Crippen LogP contribution in [0.15, 0.2) is 24.4 Å². The van der Waals surface area contributed by atoms with E-state index < -0.39 is 17.7 Å². The Morgan fingerprint density at radius 1 is 1.43 bits per heavy atom. The van der Waals surface area contributed by atoms with Crippen LogP contribution in [0.25, 0.3) is 0 Å². The minimum absolute atomic E-state index is 0.0212. The van der Waals surface area contributed by atoms with Crippen molar-refractivity contribution in [3.8, 4) is 0 Å². The van der Waals surface area contributed by atoms with Gasteiger partial charge in [-0.3, -0.25) is 9.59 Å². The molecule has 1 aromatic carbocycles. The molecule has 1 aromatic heterocycles. The number of halogens is 1. The van der Waals surface area contributed by atoms with Crippen LogP contribution in [0.1, 0.15) is 16.1 Å². The third-order valence-corrected chi connectivity index (χ3v) is 2.57. The molecule has 21 heavy (non-hydrogen) atoms. The van der Waals surface area contributed by atoms with Crippen molar-refractivity contribution in [1.82, 2.24) is 20.3 Å². The summed E-state index contributed by atoms with van der Waals surface area (Å²) in [5, 5.41) is 18.4. The predicted molar refractivity (Wildman–Crippen MR) is 69.6 cm³/mol. The van der Waals surface area contributed by atoms with Gasteiger partial charge in [0.25, 0.3) is 5.91 Å². The largest absolute Gasteiger partial charge is 0.480 e. The molecule has 0 bridgehead atoms. The SMILES string of the molecule is Nc1ccc(F)cc1C(=O)NCc1cn(CC(=O)O)nn1. The number of nitrogen functional groups attached to an aromatic ring is 1. The number of carbonyl (C=O) groups excluding carboxylic acids is 1. The minimum Gasteiger partial charge on any atom is -0.480 e. The minimum atomic E-state index is -1.05. The van der Waals surface area contributed by atoms with Crippen molar-refractivity contribution in [1.29, 1.82) is 0 Å². The summed E-state index contributed by atoms with van der Waals surface area (Å²) >= 11 is 0. The second-order valence-electron chi connectivity index (χ2n) is 4.22. The first-order valence-electron chi connectivity index (χ1n) is 5.89. The Labute approximate surface area is 118 Å². The Morgan fingerprint density at radius 2 is 2.19 bits per heavy atom. The van der Waals surface area contributed by atoms with Crippen LogP contribution in [0, 0.1) is 5.82 Å². The quantitative estimate of drug-likeness (QED) is 0.667. The van der Waals surface area contributed by atoms with Gasteiger partial charge in [0.2, 0.25) is 0 Å². The van der Waals surface area contributed by atoms with Crippen molar-refractivity contribution in [3.05, 3.63) is 41.5 Å². The Hall–Kier alpha value is -2.97. The molecular formula is C12H12FN5O3. The van der Waals surface area contributed by atoms with Gasteiger partial charge in [0.15, 0.2) is 0 Å². The zero-order valence-electron chi connectivity index (χ0n) is 10.8. The summed E-state index contributed by atoms with van der Waals surface area (Å²) in [5.41, 5.74) is 6.15. The normalized spacial score (nSPS) is 10.3. The number of aliphatic carboxylic acids is 1. The van der Waals surface area contributed by atoms with E-state index in [0.717, 1.165) is 16.8 Å². The van der Waals surface area contributed by atoms with Crippen molar-refractivity contribution < 1.29 is 19.1 Å². The van der Waals surface area contributed by atoms with Gasteiger partial charge in [-0.2, -0.15) is 0 Å². The molecule has 0 saturated carbocycles. The molecule has 0 unspecified atom stereocenters. The summed E-state index contributed by atoms with van der Waals surface area (Å²) in [7, 11) is 0. The first-order valence-corrected chi connectivity index (χ1v) is 5.89. The highest BCUT2D eigenvalue weighted by Gasteiger charge is 2.12. The van der Waals surface area contributed by atoms with Gasteiger partial charge in [-0.25, -0.2) is 9.07 Å². The molecule has 1 amide bonds. The van der Waals surface area contributed by atoms with Gasteiger partial charge in [-0.1, -0.05) is 5.21 Å². The highest BCUT2D eigenvalue weighted by molar-refractivity contribution is 5.99. The third-order valence-electron chi connectivity index (χ3n) is 2.57. The number of benzene rings is 1. The second kappa shape index (κ2) is 5.99. The standard InChI is InChI=1S/C12H12FN5O3/c13-7-1-2-10(14)9(3-7)12(21)15-4-8-5-18(17-16-8)6-11(19)20/h1-3,5H,4,6,14H2,(H,15,21)(H,19,20). The molecular weight excluding hydrogens is 281 g/mol. The summed E-state index contributed by atoms with van der Waals surface area (Å²) in [5.74, 6) is -2.18. The molecule has 8 nitrogen and oxygen atoms in total. The third kappa shape index (κ3) is 3.75. The molecule has 0 radical (unpaired) electrons. The molecule has 2 aromatic rings. The van der Waals surface area contributed by atoms with E-state index in [9.17, 15) is 14.0 Å². The number of nitrogens with two attached hydrogens (primary N) is 1. The molecule has 0 aliphatic heterocycles. The number of hydrogen-bond acceptors (Lipinski definition) is 5. The summed E-state index contributed by atoms with van der Waals surface area (Å²) in [4.78, 5) is 22.4. The van der Waals surface area contributed by atoms with Crippen LogP contribution in [0.5, 0.6) is 0 Å². The van der Waals surface area contributed by atoms with Crippen molar-refractivity contribution in [2.75, 3.05) is 5.73 Å². The maximum absolute atomic E-state index is 13.1. The van der Waals surface area contributed by atoms with Crippen LogP contribution in [0.4, 0.5) is 10.1 Å². The fourth-order valence-electron chi connectivity index (χ4n) is 1.63. The van der Waals surface area contributed by atoms with Crippen LogP contribution < -0.4 is 11.1 Å². The second-order valence-corrected chi connectivity index (χ2v) is 4.22. The Morgan fingerprint density at radius 3 is 2.90 bits per heavy atom. The fraction of sp³-hybridized carbons (Fsp3) is 0.167. The highest BCUT2D eigenvalue weighted by atomic mass is 19.1. The van der Waals surface area contributed by atoms with Crippen LogP contribution in [0.2, 0.25) is 0 Å². The zero-order chi connectivity index (χ0) is 15.4. The van der Waals surface area contributed by atoms with Gasteiger partial charge in [0, 0.05) is 5.69 Å². The average molecular weight is 293 g/mol. The predicted octanol–water partition coefficient (Wildman–Crippen LogP) is 0.0140. The topological polar surface area (TPSA) is 123 Å². The fourth-order valence-corrected chi connectivity index (χ4v) is 1.63. The van der Waals surface area contributed by atoms with Crippen LogP contribution >= 0.6 is 0 Å². The van der Waals surface area contributed by atoms with Gasteiger partial charge >= 0.3 is 5.97 Å². The lowest BCUT2D eigenvalue weighted by atomic mass is 10.1. The molecule has 0 spiro atoms. The van der Waals surface area contributed by atoms with E-state index in [-0.39, 0.29) is 24.3 Å². The number of nitrogens with one attached hydrogen (secondary N) is 1. The van der Waals surface area contributed by atoms with Gasteiger partial charge in [0.1, 0.15) is 18.1 Å². The Kier molecular flexibility index (Phi) is 4.12. The molecule has 4 N–H and O–H groups in total. The maximum atomic E-state index is 13.1.